The molecule has 0 bridgehead atoms. The van der Waals surface area contributed by atoms with Gasteiger partial charge in [-0.3, -0.25) is 0 Å². The van der Waals surface area contributed by atoms with Crippen molar-refractivity contribution in [3.05, 3.63) is 63.6 Å². The Morgan fingerprint density at radius 2 is 1.95 bits per heavy atom. The summed E-state index contributed by atoms with van der Waals surface area (Å²) < 4.78 is 6.28. The summed E-state index contributed by atoms with van der Waals surface area (Å²) in [6.45, 7) is 2.14. The molecule has 0 aliphatic heterocycles. The fourth-order valence-electron chi connectivity index (χ4n) is 2.31. The number of hydrogen-bond acceptors (Lipinski definition) is 1. The molecule has 0 aromatic heterocycles. The van der Waals surface area contributed by atoms with Crippen LogP contribution < -0.4 is 4.74 Å². The standard InChI is InChI=1S/C17H18Br2O/c1-12-4-3-5-14(8-12)15(11-18)9-13-6-7-17(20-2)16(19)10-13/h3-8,10,15H,9,11H2,1-2H3. The van der Waals surface area contributed by atoms with Crippen molar-refractivity contribution in [1.29, 1.82) is 0 Å². The first-order valence-corrected chi connectivity index (χ1v) is 8.50. The van der Waals surface area contributed by atoms with Crippen LogP contribution in [-0.4, -0.2) is 12.4 Å². The minimum absolute atomic E-state index is 0.482. The Labute approximate surface area is 137 Å². The van der Waals surface area contributed by atoms with Crippen molar-refractivity contribution >= 4 is 31.9 Å². The Bertz CT molecular complexity index is 581. The summed E-state index contributed by atoms with van der Waals surface area (Å²) in [4.78, 5) is 0. The van der Waals surface area contributed by atoms with Gasteiger partial charge in [-0.15, -0.1) is 0 Å². The van der Waals surface area contributed by atoms with E-state index in [1.807, 2.05) is 6.07 Å². The largest absolute Gasteiger partial charge is 0.496 e. The second-order valence-electron chi connectivity index (χ2n) is 4.94. The third kappa shape index (κ3) is 3.86. The second-order valence-corrected chi connectivity index (χ2v) is 6.44. The van der Waals surface area contributed by atoms with Crippen molar-refractivity contribution in [2.75, 3.05) is 12.4 Å². The van der Waals surface area contributed by atoms with Crippen LogP contribution in [0.1, 0.15) is 22.6 Å². The highest BCUT2D eigenvalue weighted by Crippen LogP contribution is 2.29. The molecule has 0 N–H and O–H groups in total. The third-order valence-electron chi connectivity index (χ3n) is 3.40. The Balaban J connectivity index is 2.20. The number of methoxy groups -OCH3 is 1. The molecule has 0 heterocycles. The monoisotopic (exact) mass is 396 g/mol. The number of alkyl halides is 1. The van der Waals surface area contributed by atoms with Crippen molar-refractivity contribution in [3.63, 3.8) is 0 Å². The Morgan fingerprint density at radius 1 is 1.15 bits per heavy atom. The van der Waals surface area contributed by atoms with E-state index in [2.05, 4.69) is 75.2 Å². The van der Waals surface area contributed by atoms with Crippen LogP contribution in [0.25, 0.3) is 0 Å². The number of halogens is 2. The lowest BCUT2D eigenvalue weighted by Gasteiger charge is -2.16. The molecule has 1 nitrogen and oxygen atoms in total. The minimum Gasteiger partial charge on any atom is -0.496 e. The zero-order valence-electron chi connectivity index (χ0n) is 11.7. The van der Waals surface area contributed by atoms with Crippen molar-refractivity contribution in [1.82, 2.24) is 0 Å². The first-order valence-electron chi connectivity index (χ1n) is 6.59. The lowest BCUT2D eigenvalue weighted by Crippen LogP contribution is -2.05. The van der Waals surface area contributed by atoms with Crippen molar-refractivity contribution in [2.24, 2.45) is 0 Å². The van der Waals surface area contributed by atoms with E-state index < -0.39 is 0 Å². The van der Waals surface area contributed by atoms with Crippen LogP contribution in [0.15, 0.2) is 46.9 Å². The molecule has 1 unspecified atom stereocenters. The molecule has 0 saturated heterocycles. The molecule has 3 heteroatoms. The molecule has 0 fully saturated rings. The molecule has 0 aliphatic rings. The van der Waals surface area contributed by atoms with E-state index >= 15 is 0 Å². The molecule has 0 aliphatic carbocycles. The summed E-state index contributed by atoms with van der Waals surface area (Å²) in [6.07, 6.45) is 1.01. The van der Waals surface area contributed by atoms with Crippen molar-refractivity contribution in [2.45, 2.75) is 19.3 Å². The first-order chi connectivity index (χ1) is 9.63. The van der Waals surface area contributed by atoms with Gasteiger partial charge >= 0.3 is 0 Å². The van der Waals surface area contributed by atoms with Gasteiger partial charge in [-0.1, -0.05) is 51.8 Å². The van der Waals surface area contributed by atoms with Crippen LogP contribution in [0.4, 0.5) is 0 Å². The van der Waals surface area contributed by atoms with Crippen LogP contribution in [0.3, 0.4) is 0 Å². The van der Waals surface area contributed by atoms with Crippen molar-refractivity contribution < 1.29 is 4.74 Å². The summed E-state index contributed by atoms with van der Waals surface area (Å²) in [6, 6.07) is 15.0. The molecule has 2 aromatic rings. The molecule has 1 atom stereocenters. The molecule has 0 saturated carbocycles. The zero-order chi connectivity index (χ0) is 14.5. The molecular weight excluding hydrogens is 380 g/mol. The van der Waals surface area contributed by atoms with Crippen LogP contribution in [-0.2, 0) is 6.42 Å². The second kappa shape index (κ2) is 7.28. The molecule has 2 aromatic carbocycles. The molecule has 0 radical (unpaired) electrons. The predicted molar refractivity (Wildman–Crippen MR) is 92.1 cm³/mol. The van der Waals surface area contributed by atoms with Gasteiger partial charge in [-0.2, -0.15) is 0 Å². The molecular formula is C17H18Br2O. The van der Waals surface area contributed by atoms with Crippen LogP contribution in [0, 0.1) is 6.92 Å². The molecule has 2 rings (SSSR count). The maximum absolute atomic E-state index is 5.28. The highest BCUT2D eigenvalue weighted by molar-refractivity contribution is 9.10. The quantitative estimate of drug-likeness (QED) is 0.606. The van der Waals surface area contributed by atoms with E-state index in [0.717, 1.165) is 22.0 Å². The third-order valence-corrected chi connectivity index (χ3v) is 4.80. The predicted octanol–water partition coefficient (Wildman–Crippen LogP) is 5.49. The van der Waals surface area contributed by atoms with Crippen molar-refractivity contribution in [3.8, 4) is 5.75 Å². The topological polar surface area (TPSA) is 9.23 Å². The van der Waals surface area contributed by atoms with Crippen LogP contribution >= 0.6 is 31.9 Å². The van der Waals surface area contributed by atoms with Gasteiger partial charge < -0.3 is 4.74 Å². The normalized spacial score (nSPS) is 12.2. The SMILES string of the molecule is COc1ccc(CC(CBr)c2cccc(C)c2)cc1Br. The number of aryl methyl sites for hydroxylation is 1. The molecule has 0 amide bonds. The van der Waals surface area contributed by atoms with Gasteiger partial charge in [0.05, 0.1) is 11.6 Å². The van der Waals surface area contributed by atoms with E-state index in [1.54, 1.807) is 7.11 Å². The van der Waals surface area contributed by atoms with E-state index in [1.165, 1.54) is 16.7 Å². The van der Waals surface area contributed by atoms with Gasteiger partial charge in [-0.05, 0) is 58.5 Å². The maximum atomic E-state index is 5.28. The molecule has 106 valence electrons. The lowest BCUT2D eigenvalue weighted by atomic mass is 9.93. The molecule has 0 spiro atoms. The fraction of sp³-hybridized carbons (Fsp3) is 0.294. The average Bonchev–Trinajstić information content (AvgIpc) is 2.45. The van der Waals surface area contributed by atoms with E-state index in [9.17, 15) is 0 Å². The van der Waals surface area contributed by atoms with E-state index in [-0.39, 0.29) is 0 Å². The number of hydrogen-bond donors (Lipinski definition) is 0. The summed E-state index contributed by atoms with van der Waals surface area (Å²) in [7, 11) is 1.69. The number of benzene rings is 2. The lowest BCUT2D eigenvalue weighted by molar-refractivity contribution is 0.412. The van der Waals surface area contributed by atoms with Gasteiger partial charge in [0.1, 0.15) is 5.75 Å². The zero-order valence-corrected chi connectivity index (χ0v) is 14.9. The minimum atomic E-state index is 0.482. The van der Waals surface area contributed by atoms with Gasteiger partial charge in [0.25, 0.3) is 0 Å². The smallest absolute Gasteiger partial charge is 0.133 e. The highest BCUT2D eigenvalue weighted by Gasteiger charge is 2.12. The Kier molecular flexibility index (Phi) is 5.67. The summed E-state index contributed by atoms with van der Waals surface area (Å²) >= 11 is 7.20. The van der Waals surface area contributed by atoms with Gasteiger partial charge in [-0.25, -0.2) is 0 Å². The summed E-state index contributed by atoms with van der Waals surface area (Å²) in [5.74, 6) is 1.36. The van der Waals surface area contributed by atoms with E-state index in [0.29, 0.717) is 5.92 Å². The van der Waals surface area contributed by atoms with Gasteiger partial charge in [0, 0.05) is 5.33 Å². The summed E-state index contributed by atoms with van der Waals surface area (Å²) in [5, 5.41) is 0.958. The molecule has 20 heavy (non-hydrogen) atoms. The van der Waals surface area contributed by atoms with Crippen LogP contribution in [0.5, 0.6) is 5.75 Å². The Hall–Kier alpha value is -0.800. The number of rotatable bonds is 5. The number of ether oxygens (including phenoxy) is 1. The van der Waals surface area contributed by atoms with Gasteiger partial charge in [0.2, 0.25) is 0 Å². The highest BCUT2D eigenvalue weighted by atomic mass is 79.9. The maximum Gasteiger partial charge on any atom is 0.133 e. The van der Waals surface area contributed by atoms with Crippen LogP contribution in [0.2, 0.25) is 0 Å². The van der Waals surface area contributed by atoms with Gasteiger partial charge in [0.15, 0.2) is 0 Å². The fourth-order valence-corrected chi connectivity index (χ4v) is 3.50. The summed E-state index contributed by atoms with van der Waals surface area (Å²) in [5.41, 5.74) is 4.00. The Morgan fingerprint density at radius 3 is 2.55 bits per heavy atom. The first kappa shape index (κ1) is 15.6. The average molecular weight is 398 g/mol. The van der Waals surface area contributed by atoms with E-state index in [4.69, 9.17) is 4.74 Å².